The summed E-state index contributed by atoms with van der Waals surface area (Å²) < 4.78 is 2.68. The molecule has 0 saturated carbocycles. The van der Waals surface area contributed by atoms with E-state index in [0.717, 1.165) is 0 Å². The number of fused-ring (bicyclic) bond motifs is 10. The third-order valence-electron chi connectivity index (χ3n) is 11.7. The second kappa shape index (κ2) is 11.0. The molecule has 1 aromatic heterocycles. The molecule has 0 aliphatic heterocycles. The molecule has 11 rings (SSSR count). The maximum Gasteiger partial charge on any atom is 0.0434 e. The molecule has 10 aromatic rings. The minimum absolute atomic E-state index is 0.0339. The fraction of sp³-hybridized carbons (Fsp3) is 0.0588. The van der Waals surface area contributed by atoms with Crippen LogP contribution in [0.15, 0.2) is 170 Å². The molecule has 244 valence electrons. The highest BCUT2D eigenvalue weighted by atomic mass is 32.1. The van der Waals surface area contributed by atoms with Gasteiger partial charge in [0, 0.05) is 31.2 Å². The molecular weight excluding hydrogens is 645 g/mol. The largest absolute Gasteiger partial charge is 0.135 e. The SMILES string of the molecule is CC1(C)c2ccc(-c3ccc(-c4c5ccccc5c(-c5cccc6c5sc5ccccc56)c5ccccc45)cc3)cc2-c2c1ccc1ccccc21. The zero-order valence-electron chi connectivity index (χ0n) is 29.1. The van der Waals surface area contributed by atoms with Gasteiger partial charge in [0.15, 0.2) is 0 Å². The summed E-state index contributed by atoms with van der Waals surface area (Å²) in [6.45, 7) is 4.73. The first-order valence-corrected chi connectivity index (χ1v) is 19.0. The van der Waals surface area contributed by atoms with Crippen LogP contribution in [-0.4, -0.2) is 0 Å². The molecule has 52 heavy (non-hydrogen) atoms. The molecular formula is C51H34S. The molecule has 1 aliphatic carbocycles. The van der Waals surface area contributed by atoms with Crippen LogP contribution in [0.4, 0.5) is 0 Å². The van der Waals surface area contributed by atoms with Crippen molar-refractivity contribution in [2.45, 2.75) is 19.3 Å². The molecule has 0 fully saturated rings. The van der Waals surface area contributed by atoms with Gasteiger partial charge in [0.1, 0.15) is 0 Å². The van der Waals surface area contributed by atoms with Crippen LogP contribution >= 0.6 is 11.3 Å². The molecule has 0 bridgehead atoms. The number of thiophene rings is 1. The highest BCUT2D eigenvalue weighted by Gasteiger charge is 2.36. The fourth-order valence-electron chi connectivity index (χ4n) is 9.21. The second-order valence-corrected chi connectivity index (χ2v) is 15.8. The first-order valence-electron chi connectivity index (χ1n) is 18.2. The van der Waals surface area contributed by atoms with Crippen LogP contribution in [0.2, 0.25) is 0 Å². The maximum absolute atomic E-state index is 2.43. The zero-order chi connectivity index (χ0) is 34.6. The third-order valence-corrected chi connectivity index (χ3v) is 12.9. The predicted molar refractivity (Wildman–Crippen MR) is 226 cm³/mol. The van der Waals surface area contributed by atoms with Gasteiger partial charge in [-0.1, -0.05) is 172 Å². The summed E-state index contributed by atoms with van der Waals surface area (Å²) in [5.74, 6) is 0. The molecule has 9 aromatic carbocycles. The summed E-state index contributed by atoms with van der Waals surface area (Å²) >= 11 is 1.90. The molecule has 0 unspecified atom stereocenters. The molecule has 1 heterocycles. The molecule has 0 amide bonds. The monoisotopic (exact) mass is 678 g/mol. The van der Waals surface area contributed by atoms with E-state index in [1.54, 1.807) is 0 Å². The quantitative estimate of drug-likeness (QED) is 0.163. The minimum atomic E-state index is -0.0339. The smallest absolute Gasteiger partial charge is 0.0434 e. The van der Waals surface area contributed by atoms with E-state index < -0.39 is 0 Å². The number of benzene rings is 9. The van der Waals surface area contributed by atoms with E-state index in [1.165, 1.54) is 108 Å². The van der Waals surface area contributed by atoms with Crippen molar-refractivity contribution in [2.75, 3.05) is 0 Å². The summed E-state index contributed by atoms with van der Waals surface area (Å²) in [6.07, 6.45) is 0. The van der Waals surface area contributed by atoms with Crippen molar-refractivity contribution >= 4 is 63.8 Å². The summed E-state index contributed by atoms with van der Waals surface area (Å²) in [4.78, 5) is 0. The van der Waals surface area contributed by atoms with Crippen LogP contribution in [-0.2, 0) is 5.41 Å². The van der Waals surface area contributed by atoms with E-state index in [2.05, 4.69) is 184 Å². The van der Waals surface area contributed by atoms with Crippen LogP contribution in [0, 0.1) is 0 Å². The van der Waals surface area contributed by atoms with E-state index in [1.807, 2.05) is 11.3 Å². The van der Waals surface area contributed by atoms with E-state index in [0.29, 0.717) is 0 Å². The van der Waals surface area contributed by atoms with E-state index in [9.17, 15) is 0 Å². The van der Waals surface area contributed by atoms with E-state index in [-0.39, 0.29) is 5.41 Å². The lowest BCUT2D eigenvalue weighted by atomic mass is 9.82. The molecule has 0 nitrogen and oxygen atoms in total. The predicted octanol–water partition coefficient (Wildman–Crippen LogP) is 14.8. The Morgan fingerprint density at radius 3 is 1.65 bits per heavy atom. The maximum atomic E-state index is 2.43. The van der Waals surface area contributed by atoms with Gasteiger partial charge in [0.2, 0.25) is 0 Å². The Balaban J connectivity index is 1.08. The number of hydrogen-bond acceptors (Lipinski definition) is 1. The van der Waals surface area contributed by atoms with Crippen molar-refractivity contribution in [3.05, 3.63) is 181 Å². The summed E-state index contributed by atoms with van der Waals surface area (Å²) in [5, 5.41) is 10.4. The molecule has 0 saturated heterocycles. The third kappa shape index (κ3) is 4.15. The number of rotatable bonds is 3. The van der Waals surface area contributed by atoms with Crippen LogP contribution in [0.1, 0.15) is 25.0 Å². The van der Waals surface area contributed by atoms with Gasteiger partial charge >= 0.3 is 0 Å². The lowest BCUT2D eigenvalue weighted by Crippen LogP contribution is -2.14. The van der Waals surface area contributed by atoms with Crippen molar-refractivity contribution in [3.63, 3.8) is 0 Å². The summed E-state index contributed by atoms with van der Waals surface area (Å²) in [6, 6.07) is 63.5. The molecule has 0 radical (unpaired) electrons. The zero-order valence-corrected chi connectivity index (χ0v) is 29.9. The highest BCUT2D eigenvalue weighted by Crippen LogP contribution is 2.52. The molecule has 0 atom stereocenters. The minimum Gasteiger partial charge on any atom is -0.135 e. The Bertz CT molecular complexity index is 3030. The van der Waals surface area contributed by atoms with Crippen molar-refractivity contribution in [1.29, 1.82) is 0 Å². The van der Waals surface area contributed by atoms with Crippen LogP contribution in [0.3, 0.4) is 0 Å². The van der Waals surface area contributed by atoms with Crippen molar-refractivity contribution < 1.29 is 0 Å². The molecule has 1 heteroatoms. The molecule has 0 spiro atoms. The van der Waals surface area contributed by atoms with Crippen LogP contribution in [0.25, 0.3) is 97.0 Å². The fourth-order valence-corrected chi connectivity index (χ4v) is 10.4. The number of hydrogen-bond donors (Lipinski definition) is 0. The summed E-state index contributed by atoms with van der Waals surface area (Å²) in [7, 11) is 0. The van der Waals surface area contributed by atoms with Gasteiger partial charge in [-0.15, -0.1) is 11.3 Å². The average Bonchev–Trinajstić information content (AvgIpc) is 3.69. The van der Waals surface area contributed by atoms with Gasteiger partial charge < -0.3 is 0 Å². The normalized spacial score (nSPS) is 13.3. The topological polar surface area (TPSA) is 0 Å². The van der Waals surface area contributed by atoms with Gasteiger partial charge in [-0.05, 0) is 94.5 Å². The Morgan fingerprint density at radius 1 is 0.365 bits per heavy atom. The Kier molecular flexibility index (Phi) is 6.27. The second-order valence-electron chi connectivity index (χ2n) is 14.8. The molecule has 0 N–H and O–H groups in total. The van der Waals surface area contributed by atoms with Crippen molar-refractivity contribution in [3.8, 4) is 44.5 Å². The van der Waals surface area contributed by atoms with Crippen molar-refractivity contribution in [2.24, 2.45) is 0 Å². The summed E-state index contributed by atoms with van der Waals surface area (Å²) in [5.41, 5.74) is 13.2. The van der Waals surface area contributed by atoms with Gasteiger partial charge in [0.05, 0.1) is 0 Å². The van der Waals surface area contributed by atoms with E-state index in [4.69, 9.17) is 0 Å². The Morgan fingerprint density at radius 2 is 0.923 bits per heavy atom. The highest BCUT2D eigenvalue weighted by molar-refractivity contribution is 7.26. The first-order chi connectivity index (χ1) is 25.6. The molecule has 1 aliphatic rings. The van der Waals surface area contributed by atoms with Crippen LogP contribution in [0.5, 0.6) is 0 Å². The standard InChI is InChI=1S/C51H34S/c1-51(2)44-28-27-34(30-43(44)49-35-13-4-3-12-32(35)26-29-45(49)51)31-22-24-33(25-23-31)47-37-15-5-7-17-39(37)48(40-18-8-6-16-38(40)47)42-20-11-19-41-36-14-9-10-21-46(36)52-50(41)42/h3-30H,1-2H3. The van der Waals surface area contributed by atoms with Gasteiger partial charge in [-0.2, -0.15) is 0 Å². The first kappa shape index (κ1) is 29.7. The Hall–Kier alpha value is -6.02. The van der Waals surface area contributed by atoms with Gasteiger partial charge in [0.25, 0.3) is 0 Å². The van der Waals surface area contributed by atoms with Gasteiger partial charge in [-0.25, -0.2) is 0 Å². The van der Waals surface area contributed by atoms with Gasteiger partial charge in [-0.3, -0.25) is 0 Å². The average molecular weight is 679 g/mol. The van der Waals surface area contributed by atoms with Crippen molar-refractivity contribution in [1.82, 2.24) is 0 Å². The lowest BCUT2D eigenvalue weighted by Gasteiger charge is -2.21. The lowest BCUT2D eigenvalue weighted by molar-refractivity contribution is 0.661. The Labute approximate surface area is 307 Å². The van der Waals surface area contributed by atoms with E-state index >= 15 is 0 Å². The van der Waals surface area contributed by atoms with Crippen LogP contribution < -0.4 is 0 Å².